The molecular formula is C33H35Cl2F2N3O7S. The van der Waals surface area contributed by atoms with Crippen molar-refractivity contribution in [3.05, 3.63) is 81.6 Å². The van der Waals surface area contributed by atoms with Gasteiger partial charge in [-0.15, -0.1) is 0 Å². The van der Waals surface area contributed by atoms with Crippen molar-refractivity contribution >= 4 is 45.1 Å². The Balaban J connectivity index is 1.40. The van der Waals surface area contributed by atoms with Crippen LogP contribution in [-0.2, 0) is 26.0 Å². The topological polar surface area (TPSA) is 115 Å². The highest BCUT2D eigenvalue weighted by molar-refractivity contribution is 7.89. The number of halogens is 4. The minimum atomic E-state index is -4.06. The number of hydrogen-bond acceptors (Lipinski definition) is 8. The van der Waals surface area contributed by atoms with Gasteiger partial charge in [0.15, 0.2) is 11.5 Å². The maximum Gasteiger partial charge on any atom is 0.387 e. The van der Waals surface area contributed by atoms with Crippen molar-refractivity contribution in [2.45, 2.75) is 49.7 Å². The van der Waals surface area contributed by atoms with Gasteiger partial charge in [0.1, 0.15) is 6.10 Å². The van der Waals surface area contributed by atoms with Crippen molar-refractivity contribution in [2.75, 3.05) is 33.8 Å². The number of amides is 1. The molecule has 1 saturated heterocycles. The average molecular weight is 727 g/mol. The van der Waals surface area contributed by atoms with Crippen molar-refractivity contribution in [3.63, 3.8) is 0 Å². The van der Waals surface area contributed by atoms with E-state index in [9.17, 15) is 26.8 Å². The number of pyridine rings is 1. The summed E-state index contributed by atoms with van der Waals surface area (Å²) in [4.78, 5) is 31.5. The highest BCUT2D eigenvalue weighted by atomic mass is 35.5. The number of hydrogen-bond donors (Lipinski definition) is 0. The molecule has 1 aromatic heterocycles. The van der Waals surface area contributed by atoms with Crippen molar-refractivity contribution in [1.29, 1.82) is 0 Å². The van der Waals surface area contributed by atoms with Crippen LogP contribution in [-0.4, -0.2) is 74.9 Å². The van der Waals surface area contributed by atoms with Crippen LogP contribution < -0.4 is 9.47 Å². The van der Waals surface area contributed by atoms with Crippen LogP contribution in [0.3, 0.4) is 0 Å². The third kappa shape index (κ3) is 8.73. The number of alkyl halides is 2. The molecule has 1 aliphatic heterocycles. The summed E-state index contributed by atoms with van der Waals surface area (Å²) in [7, 11) is -0.916. The zero-order valence-corrected chi connectivity index (χ0v) is 28.6. The summed E-state index contributed by atoms with van der Waals surface area (Å²) in [6.45, 7) is -2.73. The molecule has 3 aromatic rings. The van der Waals surface area contributed by atoms with Crippen molar-refractivity contribution in [2.24, 2.45) is 11.8 Å². The maximum absolute atomic E-state index is 13.8. The van der Waals surface area contributed by atoms with Gasteiger partial charge in [0.05, 0.1) is 27.5 Å². The molecule has 2 atom stereocenters. The molecule has 258 valence electrons. The second-order valence-electron chi connectivity index (χ2n) is 12.0. The van der Waals surface area contributed by atoms with Gasteiger partial charge in [-0.05, 0) is 73.1 Å². The van der Waals surface area contributed by atoms with Crippen molar-refractivity contribution in [3.8, 4) is 11.5 Å². The second-order valence-corrected chi connectivity index (χ2v) is 14.7. The van der Waals surface area contributed by atoms with Crippen LogP contribution in [0.25, 0.3) is 0 Å². The number of carbonyl (C=O) groups excluding carboxylic acids is 2. The molecule has 2 fully saturated rings. The number of piperidine rings is 1. The van der Waals surface area contributed by atoms with Crippen LogP contribution in [0, 0.1) is 11.8 Å². The van der Waals surface area contributed by atoms with Gasteiger partial charge in [-0.2, -0.15) is 13.1 Å². The van der Waals surface area contributed by atoms with Gasteiger partial charge >= 0.3 is 12.6 Å². The number of carbonyl (C=O) groups is 2. The fourth-order valence-corrected chi connectivity index (χ4v) is 7.44. The number of benzene rings is 2. The highest BCUT2D eigenvalue weighted by Crippen LogP contribution is 2.38. The summed E-state index contributed by atoms with van der Waals surface area (Å²) in [6.07, 6.45) is 4.48. The standard InChI is InChI=1S/C33H35Cl2F2N3O7S/c1-39(2)31(41)22-5-3-7-24(13-22)48(43,44)40-12-4-6-23(18-40)32(42)46-29(15-25-26(34)16-38-17-27(25)35)21-10-11-28(47-33(36)37)30(14-21)45-19-20-8-9-20/h3,5,7,10-11,13-14,16-17,20,23,29,33H,4,6,8-9,12,15,18-19H2,1-2H3/t23-,29+/m1/s1. The Morgan fingerprint density at radius 2 is 1.77 bits per heavy atom. The normalized spacial score (nSPS) is 17.5. The van der Waals surface area contributed by atoms with Gasteiger partial charge in [0.2, 0.25) is 10.0 Å². The first kappa shape index (κ1) is 35.8. The zero-order valence-electron chi connectivity index (χ0n) is 26.3. The summed E-state index contributed by atoms with van der Waals surface area (Å²) >= 11 is 12.8. The quantitative estimate of drug-likeness (QED) is 0.186. The van der Waals surface area contributed by atoms with E-state index in [4.69, 9.17) is 32.7 Å². The van der Waals surface area contributed by atoms with Crippen LogP contribution in [0.4, 0.5) is 8.78 Å². The summed E-state index contributed by atoms with van der Waals surface area (Å²) in [5, 5.41) is 0.465. The Morgan fingerprint density at radius 3 is 2.44 bits per heavy atom. The van der Waals surface area contributed by atoms with E-state index in [2.05, 4.69) is 9.72 Å². The van der Waals surface area contributed by atoms with E-state index in [0.717, 1.165) is 12.8 Å². The molecule has 1 amide bonds. The van der Waals surface area contributed by atoms with Crippen LogP contribution >= 0.6 is 23.2 Å². The summed E-state index contributed by atoms with van der Waals surface area (Å²) in [5.41, 5.74) is 1.07. The average Bonchev–Trinajstić information content (AvgIpc) is 3.89. The van der Waals surface area contributed by atoms with Crippen molar-refractivity contribution in [1.82, 2.24) is 14.2 Å². The number of rotatable bonds is 13. The van der Waals surface area contributed by atoms with Crippen molar-refractivity contribution < 1.29 is 41.0 Å². The number of esters is 1. The third-order valence-corrected chi connectivity index (χ3v) is 10.7. The summed E-state index contributed by atoms with van der Waals surface area (Å²) in [6, 6.07) is 10.1. The van der Waals surface area contributed by atoms with E-state index < -0.39 is 34.6 Å². The first-order chi connectivity index (χ1) is 22.8. The molecule has 2 aliphatic rings. The monoisotopic (exact) mass is 725 g/mol. The van der Waals surface area contributed by atoms with E-state index in [1.807, 2.05) is 0 Å². The van der Waals surface area contributed by atoms with E-state index in [0.29, 0.717) is 36.5 Å². The molecule has 0 spiro atoms. The molecule has 5 rings (SSSR count). The number of nitrogens with zero attached hydrogens (tertiary/aromatic N) is 3. The molecule has 15 heteroatoms. The molecule has 10 nitrogen and oxygen atoms in total. The lowest BCUT2D eigenvalue weighted by molar-refractivity contribution is -0.155. The van der Waals surface area contributed by atoms with Crippen LogP contribution in [0.1, 0.15) is 53.3 Å². The van der Waals surface area contributed by atoms with Gasteiger partial charge in [0.25, 0.3) is 5.91 Å². The highest BCUT2D eigenvalue weighted by Gasteiger charge is 2.36. The van der Waals surface area contributed by atoms with Gasteiger partial charge in [-0.1, -0.05) is 35.3 Å². The van der Waals surface area contributed by atoms with E-state index in [1.54, 1.807) is 14.1 Å². The molecule has 1 saturated carbocycles. The Labute approximate surface area is 287 Å². The van der Waals surface area contributed by atoms with E-state index in [-0.39, 0.29) is 57.4 Å². The Hall–Kier alpha value is -3.52. The minimum absolute atomic E-state index is 0.00444. The fraction of sp³-hybridized carbons (Fsp3) is 0.424. The molecule has 0 radical (unpaired) electrons. The molecule has 0 bridgehead atoms. The predicted octanol–water partition coefficient (Wildman–Crippen LogP) is 6.41. The second kappa shape index (κ2) is 15.4. The van der Waals surface area contributed by atoms with E-state index in [1.165, 1.54) is 64.1 Å². The van der Waals surface area contributed by atoms with Crippen LogP contribution in [0.2, 0.25) is 10.0 Å². The van der Waals surface area contributed by atoms with Gasteiger partial charge in [0, 0.05) is 51.6 Å². The molecule has 2 heterocycles. The zero-order chi connectivity index (χ0) is 34.6. The fourth-order valence-electron chi connectivity index (χ4n) is 5.36. The van der Waals surface area contributed by atoms with Crippen LogP contribution in [0.15, 0.2) is 59.8 Å². The number of ether oxygens (including phenoxy) is 3. The number of aromatic nitrogens is 1. The van der Waals surface area contributed by atoms with E-state index >= 15 is 0 Å². The maximum atomic E-state index is 13.8. The largest absolute Gasteiger partial charge is 0.489 e. The summed E-state index contributed by atoms with van der Waals surface area (Å²) < 4.78 is 71.5. The van der Waals surface area contributed by atoms with Gasteiger partial charge in [-0.3, -0.25) is 14.6 Å². The summed E-state index contributed by atoms with van der Waals surface area (Å²) in [5.74, 6) is -1.61. The molecular weight excluding hydrogens is 691 g/mol. The lowest BCUT2D eigenvalue weighted by Gasteiger charge is -2.32. The lowest BCUT2D eigenvalue weighted by atomic mass is 9.98. The Kier molecular flexibility index (Phi) is 11.4. The molecule has 0 N–H and O–H groups in total. The van der Waals surface area contributed by atoms with Gasteiger partial charge < -0.3 is 19.1 Å². The minimum Gasteiger partial charge on any atom is -0.489 e. The van der Waals surface area contributed by atoms with Gasteiger partial charge in [-0.25, -0.2) is 8.42 Å². The molecule has 48 heavy (non-hydrogen) atoms. The molecule has 0 unspecified atom stereocenters. The van der Waals surface area contributed by atoms with Crippen LogP contribution in [0.5, 0.6) is 11.5 Å². The Morgan fingerprint density at radius 1 is 1.04 bits per heavy atom. The first-order valence-corrected chi connectivity index (χ1v) is 17.5. The SMILES string of the molecule is CN(C)C(=O)c1cccc(S(=O)(=O)N2CCC[C@@H](C(=O)O[C@@H](Cc3c(Cl)cncc3Cl)c3ccc(OC(F)F)c(OCC4CC4)c3)C2)c1. The third-order valence-electron chi connectivity index (χ3n) is 8.17. The molecule has 1 aliphatic carbocycles. The predicted molar refractivity (Wildman–Crippen MR) is 174 cm³/mol. The first-order valence-electron chi connectivity index (χ1n) is 15.3. The number of sulfonamides is 1. The Bertz CT molecular complexity index is 1740. The smallest absolute Gasteiger partial charge is 0.387 e. The molecule has 2 aromatic carbocycles. The lowest BCUT2D eigenvalue weighted by Crippen LogP contribution is -2.43.